The van der Waals surface area contributed by atoms with E-state index in [1.165, 1.54) is 41.0 Å². The minimum absolute atomic E-state index is 0.00423. The van der Waals surface area contributed by atoms with Gasteiger partial charge in [0.05, 0.1) is 11.8 Å². The zero-order valence-corrected chi connectivity index (χ0v) is 30.1. The molecule has 10 heteroatoms. The molecule has 8 nitrogen and oxygen atoms in total. The molecule has 6 aromatic rings. The van der Waals surface area contributed by atoms with Gasteiger partial charge < -0.3 is 20.4 Å². The molecule has 2 heterocycles. The first kappa shape index (κ1) is 35.3. The molecular weight excluding hydrogens is 701 g/mol. The highest BCUT2D eigenvalue weighted by Crippen LogP contribution is 2.44. The van der Waals surface area contributed by atoms with Crippen LogP contribution in [0.1, 0.15) is 60.8 Å². The van der Waals surface area contributed by atoms with Gasteiger partial charge in [0.25, 0.3) is 11.8 Å². The zero-order chi connectivity index (χ0) is 36.6. The van der Waals surface area contributed by atoms with Gasteiger partial charge in [-0.3, -0.25) is 14.4 Å². The molecule has 2 aromatic heterocycles. The van der Waals surface area contributed by atoms with Crippen molar-refractivity contribution in [1.82, 2.24) is 5.32 Å². The van der Waals surface area contributed by atoms with Crippen molar-refractivity contribution in [3.8, 4) is 6.07 Å². The van der Waals surface area contributed by atoms with Crippen LogP contribution in [0.15, 0.2) is 149 Å². The van der Waals surface area contributed by atoms with Crippen molar-refractivity contribution in [3.63, 3.8) is 0 Å². The Bertz CT molecular complexity index is 2300. The number of nitriles is 1. The average Bonchev–Trinajstić information content (AvgIpc) is 3.84. The number of rotatable bonds is 11. The van der Waals surface area contributed by atoms with Gasteiger partial charge in [0, 0.05) is 27.1 Å². The van der Waals surface area contributed by atoms with Crippen molar-refractivity contribution in [2.45, 2.75) is 35.3 Å². The van der Waals surface area contributed by atoms with Crippen molar-refractivity contribution in [1.29, 1.82) is 5.26 Å². The first-order valence-electron chi connectivity index (χ1n) is 17.1. The first-order chi connectivity index (χ1) is 25.9. The molecule has 0 aliphatic heterocycles. The summed E-state index contributed by atoms with van der Waals surface area (Å²) in [4.78, 5) is 42.6. The lowest BCUT2D eigenvalue weighted by atomic mass is 9.83. The third-order valence-electron chi connectivity index (χ3n) is 8.93. The van der Waals surface area contributed by atoms with E-state index < -0.39 is 17.1 Å². The fourth-order valence-electron chi connectivity index (χ4n) is 6.32. The topological polar surface area (TPSA) is 124 Å². The lowest BCUT2D eigenvalue weighted by Crippen LogP contribution is -2.30. The quantitative estimate of drug-likeness (QED) is 0.0901. The molecule has 0 bridgehead atoms. The number of carbonyl (C=O) groups is 3. The van der Waals surface area contributed by atoms with E-state index in [0.29, 0.717) is 33.5 Å². The number of carbonyl (C=O) groups excluding carboxylic acids is 3. The summed E-state index contributed by atoms with van der Waals surface area (Å²) in [6.07, 6.45) is 5.51. The van der Waals surface area contributed by atoms with Gasteiger partial charge in [0.15, 0.2) is 0 Å². The molecule has 3 amide bonds. The standard InChI is InChI=1S/C43H34N4O4S2/c44-27-36-35-22-21-31(28-12-4-1-5-13-28)24-38(35)53-43(36)47-42(50)39(29-14-6-2-7-15-29)52-34-20-10-18-32(25-34)45-41(49)37(26-33-19-11-23-51-33)46-40(48)30-16-8-3-9-17-30/h1-20,23,25-26,31,39H,21-22,24H2,(H,45,49)(H,46,48)(H,47,50)/b37-26-. The summed E-state index contributed by atoms with van der Waals surface area (Å²) in [7, 11) is 0. The number of hydrogen-bond acceptors (Lipinski definition) is 7. The van der Waals surface area contributed by atoms with Gasteiger partial charge in [-0.05, 0) is 84.3 Å². The van der Waals surface area contributed by atoms with E-state index >= 15 is 0 Å². The molecule has 0 saturated carbocycles. The van der Waals surface area contributed by atoms with Crippen molar-refractivity contribution in [2.24, 2.45) is 0 Å². The lowest BCUT2D eigenvalue weighted by Gasteiger charge is -2.22. The van der Waals surface area contributed by atoms with Crippen molar-refractivity contribution < 1.29 is 18.8 Å². The maximum Gasteiger partial charge on any atom is 0.272 e. The van der Waals surface area contributed by atoms with Gasteiger partial charge in [-0.25, -0.2) is 0 Å². The second kappa shape index (κ2) is 16.5. The predicted molar refractivity (Wildman–Crippen MR) is 210 cm³/mol. The molecule has 0 radical (unpaired) electrons. The summed E-state index contributed by atoms with van der Waals surface area (Å²) in [6.45, 7) is 0. The second-order valence-corrected chi connectivity index (χ2v) is 14.7. The highest BCUT2D eigenvalue weighted by atomic mass is 32.2. The van der Waals surface area contributed by atoms with Gasteiger partial charge >= 0.3 is 0 Å². The van der Waals surface area contributed by atoms with E-state index in [4.69, 9.17) is 4.42 Å². The van der Waals surface area contributed by atoms with Crippen LogP contribution < -0.4 is 16.0 Å². The van der Waals surface area contributed by atoms with Crippen molar-refractivity contribution in [3.05, 3.63) is 178 Å². The fraction of sp³-hybridized carbons (Fsp3) is 0.116. The third kappa shape index (κ3) is 8.50. The maximum atomic E-state index is 14.1. The number of amides is 3. The molecule has 2 unspecified atom stereocenters. The van der Waals surface area contributed by atoms with Crippen LogP contribution in [-0.2, 0) is 22.4 Å². The molecule has 0 saturated heterocycles. The Morgan fingerprint density at radius 3 is 2.32 bits per heavy atom. The van der Waals surface area contributed by atoms with E-state index in [1.807, 2.05) is 42.5 Å². The van der Waals surface area contributed by atoms with Crippen LogP contribution in [0.25, 0.3) is 6.08 Å². The molecule has 3 N–H and O–H groups in total. The molecule has 0 fully saturated rings. The van der Waals surface area contributed by atoms with Crippen LogP contribution in [-0.4, -0.2) is 17.7 Å². The third-order valence-corrected chi connectivity index (χ3v) is 11.3. The van der Waals surface area contributed by atoms with Gasteiger partial charge in [0.1, 0.15) is 27.8 Å². The highest BCUT2D eigenvalue weighted by molar-refractivity contribution is 8.00. The van der Waals surface area contributed by atoms with Crippen molar-refractivity contribution in [2.75, 3.05) is 10.6 Å². The smallest absolute Gasteiger partial charge is 0.272 e. The van der Waals surface area contributed by atoms with Crippen molar-refractivity contribution >= 4 is 57.6 Å². The number of nitrogens with one attached hydrogen (secondary N) is 3. The number of thiophene rings is 1. The summed E-state index contributed by atoms with van der Waals surface area (Å²) in [6, 6.07) is 41.4. The molecule has 7 rings (SSSR count). The largest absolute Gasteiger partial charge is 0.465 e. The molecule has 1 aliphatic rings. The van der Waals surface area contributed by atoms with E-state index in [0.717, 1.165) is 40.2 Å². The number of benzene rings is 4. The zero-order valence-electron chi connectivity index (χ0n) is 28.5. The summed E-state index contributed by atoms with van der Waals surface area (Å²) in [5.41, 5.74) is 4.52. The van der Waals surface area contributed by atoms with Gasteiger partial charge in [-0.2, -0.15) is 5.26 Å². The number of furan rings is 1. The molecule has 2 atom stereocenters. The maximum absolute atomic E-state index is 14.1. The first-order valence-corrected chi connectivity index (χ1v) is 18.8. The Labute approximate surface area is 315 Å². The van der Waals surface area contributed by atoms with Crippen LogP contribution in [0.4, 0.5) is 10.7 Å². The van der Waals surface area contributed by atoms with E-state index in [1.54, 1.807) is 60.7 Å². The summed E-state index contributed by atoms with van der Waals surface area (Å²) in [5.74, 6) is -0.480. The Kier molecular flexibility index (Phi) is 11.0. The lowest BCUT2D eigenvalue weighted by molar-refractivity contribution is -0.116. The molecule has 53 heavy (non-hydrogen) atoms. The van der Waals surface area contributed by atoms with E-state index in [-0.39, 0.29) is 11.6 Å². The van der Waals surface area contributed by atoms with Crippen LogP contribution in [0.5, 0.6) is 0 Å². The molecular formula is C43H34N4O4S2. The highest BCUT2D eigenvalue weighted by Gasteiger charge is 2.29. The normalized spacial score (nSPS) is 14.3. The number of hydrogen-bond donors (Lipinski definition) is 3. The molecule has 1 aliphatic carbocycles. The van der Waals surface area contributed by atoms with Crippen LogP contribution in [0.2, 0.25) is 0 Å². The average molecular weight is 735 g/mol. The predicted octanol–water partition coefficient (Wildman–Crippen LogP) is 9.37. The summed E-state index contributed by atoms with van der Waals surface area (Å²) < 4.78 is 5.42. The number of thioether (sulfide) groups is 1. The monoisotopic (exact) mass is 734 g/mol. The Balaban J connectivity index is 1.10. The Morgan fingerprint density at radius 2 is 1.60 bits per heavy atom. The minimum Gasteiger partial charge on any atom is -0.465 e. The second-order valence-electron chi connectivity index (χ2n) is 12.4. The van der Waals surface area contributed by atoms with Crippen LogP contribution >= 0.6 is 23.1 Å². The summed E-state index contributed by atoms with van der Waals surface area (Å²) >= 11 is 2.83. The molecule has 4 aromatic carbocycles. The fourth-order valence-corrected chi connectivity index (χ4v) is 8.68. The number of fused-ring (bicyclic) bond motifs is 1. The molecule has 262 valence electrons. The number of anilines is 2. The van der Waals surface area contributed by atoms with E-state index in [9.17, 15) is 19.6 Å². The summed E-state index contributed by atoms with van der Waals surface area (Å²) in [5, 5.41) is 18.8. The Morgan fingerprint density at radius 1 is 0.868 bits per heavy atom. The number of nitrogens with zero attached hydrogens (tertiary/aromatic N) is 1. The van der Waals surface area contributed by atoms with Gasteiger partial charge in [-0.1, -0.05) is 84.9 Å². The molecule has 0 spiro atoms. The van der Waals surface area contributed by atoms with Gasteiger partial charge in [0.2, 0.25) is 5.91 Å². The Hall–Kier alpha value is -6.15. The van der Waals surface area contributed by atoms with E-state index in [2.05, 4.69) is 46.3 Å². The SMILES string of the molecule is N#Cc1c(NC(=O)C(Sc2cccc(NC(=O)/C(=C/c3ccco3)NC(=O)c3ccccc3)c2)c2ccccc2)sc2c1CCC(c1ccccc1)C2. The van der Waals surface area contributed by atoms with Crippen LogP contribution in [0, 0.1) is 11.3 Å². The van der Waals surface area contributed by atoms with Gasteiger partial charge in [-0.15, -0.1) is 23.1 Å². The van der Waals surface area contributed by atoms with Crippen LogP contribution in [0.3, 0.4) is 0 Å². The minimum atomic E-state index is -0.663.